The number of ketones is 1. The second kappa shape index (κ2) is 13.1. The smallest absolute Gasteiger partial charge is 0.313 e. The van der Waals surface area contributed by atoms with E-state index >= 15 is 0 Å². The third-order valence-corrected chi connectivity index (χ3v) is 4.39. The molecule has 5 nitrogen and oxygen atoms in total. The number of ether oxygens (including phenoxy) is 2. The minimum Gasteiger partial charge on any atom is -0.462 e. The normalized spacial score (nSPS) is 11.6. The molecule has 1 aromatic carbocycles. The van der Waals surface area contributed by atoms with Gasteiger partial charge in [-0.2, -0.15) is 0 Å². The van der Waals surface area contributed by atoms with Crippen LogP contribution in [0.1, 0.15) is 72.3 Å². The van der Waals surface area contributed by atoms with E-state index in [0.717, 1.165) is 0 Å². The highest BCUT2D eigenvalue weighted by Gasteiger charge is 2.26. The molecule has 1 aromatic rings. The summed E-state index contributed by atoms with van der Waals surface area (Å²) < 4.78 is 9.66. The van der Waals surface area contributed by atoms with Crippen molar-refractivity contribution in [2.75, 3.05) is 13.2 Å². The van der Waals surface area contributed by atoms with Crippen LogP contribution in [0.15, 0.2) is 30.3 Å². The maximum absolute atomic E-state index is 11.5. The molecule has 0 saturated carbocycles. The van der Waals surface area contributed by atoms with Crippen LogP contribution in [0.4, 0.5) is 0 Å². The van der Waals surface area contributed by atoms with Gasteiger partial charge in [0.05, 0.1) is 5.41 Å². The van der Waals surface area contributed by atoms with Gasteiger partial charge in [0.25, 0.3) is 0 Å². The van der Waals surface area contributed by atoms with Gasteiger partial charge in [0.2, 0.25) is 0 Å². The van der Waals surface area contributed by atoms with Crippen LogP contribution in [0.5, 0.6) is 0 Å². The number of carbonyl (C=O) groups excluding carboxylic acids is 3. The molecule has 0 fully saturated rings. The predicted molar refractivity (Wildman–Crippen MR) is 106 cm³/mol. The first kappa shape index (κ1) is 24.8. The Bertz CT molecular complexity index is 578. The van der Waals surface area contributed by atoms with Crippen LogP contribution in [-0.2, 0) is 23.9 Å². The van der Waals surface area contributed by atoms with Crippen molar-refractivity contribution in [3.63, 3.8) is 0 Å². The number of benzene rings is 1. The summed E-state index contributed by atoms with van der Waals surface area (Å²) in [6.07, 6.45) is 1.66. The Labute approximate surface area is 163 Å². The lowest BCUT2D eigenvalue weighted by Gasteiger charge is -2.20. The highest BCUT2D eigenvalue weighted by molar-refractivity contribution is 5.94. The first-order chi connectivity index (χ1) is 12.6. The number of hydrogen-bond acceptors (Lipinski definition) is 5. The van der Waals surface area contributed by atoms with Crippen molar-refractivity contribution < 1.29 is 23.9 Å². The fraction of sp³-hybridized carbons (Fsp3) is 0.591. The van der Waals surface area contributed by atoms with E-state index in [0.29, 0.717) is 12.3 Å². The molecule has 27 heavy (non-hydrogen) atoms. The van der Waals surface area contributed by atoms with Crippen LogP contribution >= 0.6 is 0 Å². The van der Waals surface area contributed by atoms with Gasteiger partial charge in [-0.3, -0.25) is 14.4 Å². The first-order valence-electron chi connectivity index (χ1n) is 9.51. The molecular formula is C22H34O5. The maximum atomic E-state index is 11.5. The summed E-state index contributed by atoms with van der Waals surface area (Å²) in [6.45, 7) is 11.3. The van der Waals surface area contributed by atoms with Crippen LogP contribution in [0.3, 0.4) is 0 Å². The zero-order valence-electron chi connectivity index (χ0n) is 17.5. The molecule has 0 heterocycles. The first-order valence-corrected chi connectivity index (χ1v) is 9.51. The van der Waals surface area contributed by atoms with E-state index in [1.807, 2.05) is 6.92 Å². The molecule has 1 rings (SSSR count). The third-order valence-electron chi connectivity index (χ3n) is 4.39. The van der Waals surface area contributed by atoms with Gasteiger partial charge in [0, 0.05) is 0 Å². The highest BCUT2D eigenvalue weighted by atomic mass is 16.6. The van der Waals surface area contributed by atoms with Crippen molar-refractivity contribution in [3.05, 3.63) is 35.9 Å². The summed E-state index contributed by atoms with van der Waals surface area (Å²) in [6, 6.07) is 10.6. The SMILES string of the molecule is CCC(C)(C)C(=O)OCCOC(=O)CC(C)=O.CCC(C)c1ccccc1. The Morgan fingerprint density at radius 2 is 1.56 bits per heavy atom. The Hall–Kier alpha value is -2.17. The standard InChI is InChI=1S/C12H20O5.C10H14/c1-5-12(3,4)11(15)17-7-6-16-10(14)8-9(2)13;1-3-9(2)10-7-5-4-6-8-10/h5-8H2,1-4H3;4-9H,3H2,1-2H3. The summed E-state index contributed by atoms with van der Waals surface area (Å²) in [5.74, 6) is -0.453. The minimum atomic E-state index is -0.594. The lowest BCUT2D eigenvalue weighted by molar-refractivity contribution is -0.159. The van der Waals surface area contributed by atoms with Crippen LogP contribution in [0.2, 0.25) is 0 Å². The van der Waals surface area contributed by atoms with Crippen LogP contribution in [0.25, 0.3) is 0 Å². The number of carbonyl (C=O) groups is 3. The lowest BCUT2D eigenvalue weighted by Crippen LogP contribution is -2.27. The summed E-state index contributed by atoms with van der Waals surface area (Å²) >= 11 is 0. The molecule has 0 spiro atoms. The van der Waals surface area contributed by atoms with Crippen molar-refractivity contribution in [1.82, 2.24) is 0 Å². The number of rotatable bonds is 9. The summed E-state index contributed by atoms with van der Waals surface area (Å²) in [4.78, 5) is 33.0. The second-order valence-electron chi connectivity index (χ2n) is 7.19. The molecule has 0 aliphatic heterocycles. The van der Waals surface area contributed by atoms with Crippen molar-refractivity contribution in [2.24, 2.45) is 5.41 Å². The molecule has 1 atom stereocenters. The average molecular weight is 379 g/mol. The number of hydrogen-bond donors (Lipinski definition) is 0. The Morgan fingerprint density at radius 3 is 2.04 bits per heavy atom. The summed E-state index contributed by atoms with van der Waals surface area (Å²) in [5, 5.41) is 0. The van der Waals surface area contributed by atoms with Gasteiger partial charge in [-0.1, -0.05) is 51.1 Å². The van der Waals surface area contributed by atoms with Gasteiger partial charge >= 0.3 is 11.9 Å². The zero-order chi connectivity index (χ0) is 20.9. The average Bonchev–Trinajstić information content (AvgIpc) is 2.65. The molecule has 0 bridgehead atoms. The monoisotopic (exact) mass is 378 g/mol. The van der Waals surface area contributed by atoms with E-state index in [2.05, 4.69) is 44.2 Å². The number of Topliss-reactive ketones (excluding diaryl/α,β-unsaturated/α-hetero) is 1. The molecule has 0 aliphatic rings. The van der Waals surface area contributed by atoms with E-state index in [1.54, 1.807) is 13.8 Å². The van der Waals surface area contributed by atoms with Crippen molar-refractivity contribution in [1.29, 1.82) is 0 Å². The molecule has 0 aliphatic carbocycles. The summed E-state index contributed by atoms with van der Waals surface area (Å²) in [7, 11) is 0. The van der Waals surface area contributed by atoms with E-state index in [4.69, 9.17) is 9.47 Å². The van der Waals surface area contributed by atoms with Crippen LogP contribution in [0, 0.1) is 5.41 Å². The summed E-state index contributed by atoms with van der Waals surface area (Å²) in [5.41, 5.74) is 0.925. The molecule has 152 valence electrons. The predicted octanol–water partition coefficient (Wildman–Crippen LogP) is 4.69. The Morgan fingerprint density at radius 1 is 1.00 bits per heavy atom. The van der Waals surface area contributed by atoms with E-state index < -0.39 is 11.4 Å². The largest absolute Gasteiger partial charge is 0.462 e. The van der Waals surface area contributed by atoms with Crippen LogP contribution in [-0.4, -0.2) is 30.9 Å². The van der Waals surface area contributed by atoms with Gasteiger partial charge in [-0.25, -0.2) is 0 Å². The van der Waals surface area contributed by atoms with Gasteiger partial charge in [-0.05, 0) is 45.1 Å². The number of esters is 2. The van der Waals surface area contributed by atoms with Gasteiger partial charge < -0.3 is 9.47 Å². The quantitative estimate of drug-likeness (QED) is 0.354. The minimum absolute atomic E-state index is 0.0162. The Kier molecular flexibility index (Phi) is 12.0. The van der Waals surface area contributed by atoms with Crippen molar-refractivity contribution in [2.45, 2.75) is 66.7 Å². The molecule has 0 radical (unpaired) electrons. The fourth-order valence-corrected chi connectivity index (χ4v) is 1.90. The Balaban J connectivity index is 0.000000569. The maximum Gasteiger partial charge on any atom is 0.313 e. The third kappa shape index (κ3) is 11.2. The van der Waals surface area contributed by atoms with Crippen molar-refractivity contribution in [3.8, 4) is 0 Å². The topological polar surface area (TPSA) is 69.7 Å². The van der Waals surface area contributed by atoms with E-state index in [9.17, 15) is 14.4 Å². The fourth-order valence-electron chi connectivity index (χ4n) is 1.90. The van der Waals surface area contributed by atoms with Gasteiger partial charge in [0.15, 0.2) is 0 Å². The van der Waals surface area contributed by atoms with Crippen LogP contribution < -0.4 is 0 Å². The highest BCUT2D eigenvalue weighted by Crippen LogP contribution is 2.21. The lowest BCUT2D eigenvalue weighted by atomic mass is 9.91. The van der Waals surface area contributed by atoms with Gasteiger partial charge in [-0.15, -0.1) is 0 Å². The molecule has 0 aromatic heterocycles. The van der Waals surface area contributed by atoms with Gasteiger partial charge in [0.1, 0.15) is 25.4 Å². The molecule has 1 unspecified atom stereocenters. The molecule has 0 N–H and O–H groups in total. The second-order valence-corrected chi connectivity index (χ2v) is 7.19. The molecule has 0 amide bonds. The van der Waals surface area contributed by atoms with Crippen molar-refractivity contribution >= 4 is 17.7 Å². The molecule has 0 saturated heterocycles. The van der Waals surface area contributed by atoms with E-state index in [1.165, 1.54) is 18.9 Å². The van der Waals surface area contributed by atoms with E-state index in [-0.39, 0.29) is 31.4 Å². The molecular weight excluding hydrogens is 344 g/mol. The molecule has 5 heteroatoms. The zero-order valence-corrected chi connectivity index (χ0v) is 17.5.